The van der Waals surface area contributed by atoms with Gasteiger partial charge in [0, 0.05) is 17.3 Å². The van der Waals surface area contributed by atoms with E-state index in [1.54, 1.807) is 24.3 Å². The number of anilines is 1. The third kappa shape index (κ3) is 2.57. The average Bonchev–Trinajstić information content (AvgIpc) is 2.58. The molecule has 3 N–H and O–H groups in total. The molecule has 1 aromatic carbocycles. The van der Waals surface area contributed by atoms with Crippen molar-refractivity contribution in [1.29, 1.82) is 0 Å². The van der Waals surface area contributed by atoms with E-state index in [0.717, 1.165) is 0 Å². The number of aliphatic hydroxyl groups is 1. The minimum atomic E-state index is -1.06. The van der Waals surface area contributed by atoms with Crippen LogP contribution in [0.25, 0.3) is 0 Å². The number of β-amino-alcohol motifs (C(OH)–C–C–N with tert-alkyl or cyclic N) is 1. The zero-order valence-electron chi connectivity index (χ0n) is 8.81. The van der Waals surface area contributed by atoms with Crippen LogP contribution in [0.5, 0.6) is 0 Å². The smallest absolute Gasteiger partial charge is 0.239 e. The first-order chi connectivity index (χ1) is 8.08. The molecule has 1 saturated heterocycles. The highest BCUT2D eigenvalue weighted by Gasteiger charge is 2.39. The molecule has 5 nitrogen and oxygen atoms in total. The molecule has 0 saturated carbocycles. The molecule has 0 aliphatic carbocycles. The van der Waals surface area contributed by atoms with Gasteiger partial charge in [0.1, 0.15) is 5.92 Å². The maximum Gasteiger partial charge on any atom is 0.239 e. The maximum atomic E-state index is 11.8. The molecule has 2 atom stereocenters. The van der Waals surface area contributed by atoms with E-state index in [1.807, 2.05) is 0 Å². The van der Waals surface area contributed by atoms with Gasteiger partial charge in [0.15, 0.2) is 0 Å². The predicted octanol–water partition coefficient (Wildman–Crippen LogP) is 0.385. The molecule has 90 valence electrons. The van der Waals surface area contributed by atoms with Gasteiger partial charge in [-0.05, 0) is 18.2 Å². The summed E-state index contributed by atoms with van der Waals surface area (Å²) in [6.07, 6.45) is -0.985. The summed E-state index contributed by atoms with van der Waals surface area (Å²) in [5.74, 6) is -2.05. The van der Waals surface area contributed by atoms with E-state index >= 15 is 0 Å². The van der Waals surface area contributed by atoms with Crippen LogP contribution in [0.1, 0.15) is 0 Å². The first kappa shape index (κ1) is 11.9. The molecule has 0 aromatic heterocycles. The summed E-state index contributed by atoms with van der Waals surface area (Å²) in [5, 5.41) is 14.9. The summed E-state index contributed by atoms with van der Waals surface area (Å²) in [6, 6.07) is 6.58. The monoisotopic (exact) mass is 254 g/mol. The summed E-state index contributed by atoms with van der Waals surface area (Å²) >= 11 is 5.77. The fraction of sp³-hybridized carbons (Fsp3) is 0.273. The fourth-order valence-corrected chi connectivity index (χ4v) is 1.88. The van der Waals surface area contributed by atoms with Crippen molar-refractivity contribution in [3.05, 3.63) is 29.3 Å². The van der Waals surface area contributed by atoms with Crippen molar-refractivity contribution in [2.45, 2.75) is 6.10 Å². The van der Waals surface area contributed by atoms with Crippen molar-refractivity contribution in [2.24, 2.45) is 5.92 Å². The van der Waals surface area contributed by atoms with Crippen LogP contribution < -0.4 is 10.6 Å². The Balaban J connectivity index is 2.09. The van der Waals surface area contributed by atoms with Crippen LogP contribution in [0.2, 0.25) is 5.02 Å². The normalized spacial score (nSPS) is 23.3. The molecule has 1 aliphatic heterocycles. The standard InChI is InChI=1S/C11H11ClN2O3/c12-6-2-1-3-7(4-6)14-11(17)9-8(15)5-13-10(9)16/h1-4,8-9,15H,5H2,(H,13,16)(H,14,17). The van der Waals surface area contributed by atoms with Gasteiger partial charge in [-0.15, -0.1) is 0 Å². The van der Waals surface area contributed by atoms with Gasteiger partial charge < -0.3 is 15.7 Å². The molecule has 2 unspecified atom stereocenters. The van der Waals surface area contributed by atoms with Crippen LogP contribution in [0.15, 0.2) is 24.3 Å². The average molecular weight is 255 g/mol. The topological polar surface area (TPSA) is 78.4 Å². The quantitative estimate of drug-likeness (QED) is 0.668. The molecule has 0 radical (unpaired) electrons. The third-order valence-electron chi connectivity index (χ3n) is 2.53. The van der Waals surface area contributed by atoms with E-state index in [-0.39, 0.29) is 6.54 Å². The van der Waals surface area contributed by atoms with Gasteiger partial charge >= 0.3 is 0 Å². The van der Waals surface area contributed by atoms with Crippen molar-refractivity contribution >= 4 is 29.1 Å². The lowest BCUT2D eigenvalue weighted by Gasteiger charge is -2.11. The molecular weight excluding hydrogens is 244 g/mol. The van der Waals surface area contributed by atoms with Gasteiger partial charge in [0.05, 0.1) is 6.10 Å². The Morgan fingerprint density at radius 2 is 2.29 bits per heavy atom. The molecule has 2 rings (SSSR count). The Morgan fingerprint density at radius 1 is 1.53 bits per heavy atom. The number of nitrogens with one attached hydrogen (secondary N) is 2. The Kier molecular flexibility index (Phi) is 3.31. The zero-order chi connectivity index (χ0) is 12.4. The van der Waals surface area contributed by atoms with Gasteiger partial charge in [-0.25, -0.2) is 0 Å². The minimum absolute atomic E-state index is 0.104. The third-order valence-corrected chi connectivity index (χ3v) is 2.76. The number of hydrogen-bond acceptors (Lipinski definition) is 3. The zero-order valence-corrected chi connectivity index (χ0v) is 9.57. The Morgan fingerprint density at radius 3 is 2.88 bits per heavy atom. The van der Waals surface area contributed by atoms with E-state index in [4.69, 9.17) is 11.6 Å². The predicted molar refractivity (Wildman–Crippen MR) is 62.6 cm³/mol. The van der Waals surface area contributed by atoms with Crippen molar-refractivity contribution in [2.75, 3.05) is 11.9 Å². The largest absolute Gasteiger partial charge is 0.390 e. The highest BCUT2D eigenvalue weighted by Crippen LogP contribution is 2.18. The van der Waals surface area contributed by atoms with Gasteiger partial charge in [-0.1, -0.05) is 17.7 Å². The Hall–Kier alpha value is -1.59. The highest BCUT2D eigenvalue weighted by molar-refractivity contribution is 6.30. The van der Waals surface area contributed by atoms with E-state index in [1.165, 1.54) is 0 Å². The van der Waals surface area contributed by atoms with Gasteiger partial charge in [-0.3, -0.25) is 9.59 Å². The number of aliphatic hydroxyl groups excluding tert-OH is 1. The summed E-state index contributed by atoms with van der Waals surface area (Å²) in [4.78, 5) is 23.1. The molecule has 1 heterocycles. The van der Waals surface area contributed by atoms with Gasteiger partial charge in [-0.2, -0.15) is 0 Å². The lowest BCUT2D eigenvalue weighted by molar-refractivity contribution is -0.132. The van der Waals surface area contributed by atoms with Crippen LogP contribution in [-0.2, 0) is 9.59 Å². The van der Waals surface area contributed by atoms with Crippen LogP contribution in [-0.4, -0.2) is 29.6 Å². The van der Waals surface area contributed by atoms with Crippen LogP contribution in [0.3, 0.4) is 0 Å². The number of carbonyl (C=O) groups is 2. The summed E-state index contributed by atoms with van der Waals surface area (Å²) in [7, 11) is 0. The van der Waals surface area contributed by atoms with Crippen LogP contribution in [0, 0.1) is 5.92 Å². The van der Waals surface area contributed by atoms with E-state index in [9.17, 15) is 14.7 Å². The number of rotatable bonds is 2. The second-order valence-electron chi connectivity index (χ2n) is 3.79. The maximum absolute atomic E-state index is 11.8. The number of amides is 2. The molecule has 0 spiro atoms. The van der Waals surface area contributed by atoms with Crippen LogP contribution in [0.4, 0.5) is 5.69 Å². The van der Waals surface area contributed by atoms with Gasteiger partial charge in [0.25, 0.3) is 0 Å². The lowest BCUT2D eigenvalue weighted by atomic mass is 10.0. The second-order valence-corrected chi connectivity index (χ2v) is 4.23. The molecule has 2 amide bonds. The first-order valence-corrected chi connectivity index (χ1v) is 5.48. The van der Waals surface area contributed by atoms with Crippen molar-refractivity contribution in [3.63, 3.8) is 0 Å². The fourth-order valence-electron chi connectivity index (χ4n) is 1.69. The molecule has 1 aromatic rings. The number of benzene rings is 1. The molecule has 1 aliphatic rings. The van der Waals surface area contributed by atoms with Crippen LogP contribution >= 0.6 is 11.6 Å². The summed E-state index contributed by atoms with van der Waals surface area (Å²) < 4.78 is 0. The number of halogens is 1. The summed E-state index contributed by atoms with van der Waals surface area (Å²) in [5.41, 5.74) is 0.495. The molecular formula is C11H11ClN2O3. The van der Waals surface area contributed by atoms with Crippen molar-refractivity contribution in [1.82, 2.24) is 5.32 Å². The Labute approximate surface area is 103 Å². The molecule has 1 fully saturated rings. The van der Waals surface area contributed by atoms with E-state index in [2.05, 4.69) is 10.6 Å². The first-order valence-electron chi connectivity index (χ1n) is 5.10. The van der Waals surface area contributed by atoms with E-state index in [0.29, 0.717) is 10.7 Å². The van der Waals surface area contributed by atoms with Gasteiger partial charge in [0.2, 0.25) is 11.8 Å². The van der Waals surface area contributed by atoms with Crippen molar-refractivity contribution in [3.8, 4) is 0 Å². The molecule has 17 heavy (non-hydrogen) atoms. The molecule has 6 heteroatoms. The number of hydrogen-bond donors (Lipinski definition) is 3. The van der Waals surface area contributed by atoms with Crippen molar-refractivity contribution < 1.29 is 14.7 Å². The minimum Gasteiger partial charge on any atom is -0.390 e. The Bertz CT molecular complexity index is 464. The highest BCUT2D eigenvalue weighted by atomic mass is 35.5. The van der Waals surface area contributed by atoms with E-state index < -0.39 is 23.8 Å². The summed E-state index contributed by atoms with van der Waals surface area (Å²) in [6.45, 7) is 0.104. The molecule has 0 bridgehead atoms. The SMILES string of the molecule is O=C1NCC(O)C1C(=O)Nc1cccc(Cl)c1. The lowest BCUT2D eigenvalue weighted by Crippen LogP contribution is -2.34. The second kappa shape index (κ2) is 4.73. The number of carbonyl (C=O) groups excluding carboxylic acids is 2.